The molecule has 0 bridgehead atoms. The number of alkyl halides is 6. The van der Waals surface area contributed by atoms with Crippen molar-refractivity contribution in [2.45, 2.75) is 101 Å². The number of imidazole rings is 1. The van der Waals surface area contributed by atoms with Crippen LogP contribution in [0.1, 0.15) is 86.6 Å². The number of halogens is 9. The molecule has 17 heteroatoms. The van der Waals surface area contributed by atoms with E-state index < -0.39 is 29.0 Å². The van der Waals surface area contributed by atoms with E-state index in [9.17, 15) is 26.3 Å². The first-order valence-corrected chi connectivity index (χ1v) is 15.4. The molecule has 3 heterocycles. The Labute approximate surface area is 288 Å². The van der Waals surface area contributed by atoms with Crippen molar-refractivity contribution < 1.29 is 26.3 Å². The van der Waals surface area contributed by atoms with Crippen molar-refractivity contribution in [3.63, 3.8) is 0 Å². The number of anilines is 1. The lowest BCUT2D eigenvalue weighted by molar-refractivity contribution is -0.143. The average Bonchev–Trinajstić information content (AvgIpc) is 3.64. The van der Waals surface area contributed by atoms with Gasteiger partial charge in [0, 0.05) is 25.2 Å². The van der Waals surface area contributed by atoms with E-state index in [0.29, 0.717) is 37.5 Å². The Morgan fingerprint density at radius 3 is 2.17 bits per heavy atom. The van der Waals surface area contributed by atoms with Crippen LogP contribution < -0.4 is 16.5 Å². The number of rotatable bonds is 7. The largest absolute Gasteiger partial charge is 0.416 e. The monoisotopic (exact) mass is 732 g/mol. The van der Waals surface area contributed by atoms with Gasteiger partial charge in [-0.25, -0.2) is 20.4 Å². The molecular formula is C30H41Cl3F6N8. The molecule has 3 aromatic rings. The van der Waals surface area contributed by atoms with Crippen LogP contribution in [0.15, 0.2) is 24.5 Å². The van der Waals surface area contributed by atoms with E-state index in [1.807, 2.05) is 0 Å². The quantitative estimate of drug-likeness (QED) is 0.186. The second-order valence-electron chi connectivity index (χ2n) is 12.7. The molecule has 2 saturated carbocycles. The molecule has 8 nitrogen and oxygen atoms in total. The lowest BCUT2D eigenvalue weighted by Gasteiger charge is -2.40. The zero-order valence-electron chi connectivity index (χ0n) is 25.6. The van der Waals surface area contributed by atoms with Gasteiger partial charge in [0.05, 0.1) is 28.7 Å². The minimum absolute atomic E-state index is 0. The molecule has 6 rings (SSSR count). The molecule has 3 aliphatic rings. The number of piperidine rings is 1. The summed E-state index contributed by atoms with van der Waals surface area (Å²) < 4.78 is 80.5. The molecule has 0 amide bonds. The normalized spacial score (nSPS) is 22.3. The fraction of sp³-hybridized carbons (Fsp3) is 0.633. The Kier molecular flexibility index (Phi) is 13.1. The number of fused-ring (bicyclic) bond motifs is 1. The summed E-state index contributed by atoms with van der Waals surface area (Å²) in [5.74, 6) is 0.465. The van der Waals surface area contributed by atoms with Gasteiger partial charge in [0.1, 0.15) is 5.52 Å². The molecule has 1 saturated heterocycles. The number of hydrogen-bond acceptors (Lipinski definition) is 7. The molecule has 1 aliphatic heterocycles. The van der Waals surface area contributed by atoms with Gasteiger partial charge in [0.25, 0.3) is 0 Å². The highest BCUT2D eigenvalue weighted by molar-refractivity contribution is 5.86. The van der Waals surface area contributed by atoms with Gasteiger partial charge in [0.15, 0.2) is 5.65 Å². The fourth-order valence-electron chi connectivity index (χ4n) is 7.13. The Balaban J connectivity index is 0.00000200. The van der Waals surface area contributed by atoms with Crippen LogP contribution in [0.3, 0.4) is 0 Å². The van der Waals surface area contributed by atoms with E-state index in [0.717, 1.165) is 74.7 Å². The van der Waals surface area contributed by atoms with Gasteiger partial charge in [-0.1, -0.05) is 18.9 Å². The molecular weight excluding hydrogens is 693 g/mol. The third kappa shape index (κ3) is 8.93. The number of nitrogens with two attached hydrogens (primary N) is 1. The Hall–Kier alpha value is -2.10. The summed E-state index contributed by atoms with van der Waals surface area (Å²) in [7, 11) is 0. The van der Waals surface area contributed by atoms with Crippen LogP contribution in [0.5, 0.6) is 0 Å². The highest BCUT2D eigenvalue weighted by atomic mass is 35.5. The van der Waals surface area contributed by atoms with E-state index in [1.165, 1.54) is 0 Å². The van der Waals surface area contributed by atoms with Gasteiger partial charge in [0.2, 0.25) is 5.95 Å². The number of hydrogen-bond donors (Lipinski definition) is 4. The maximum Gasteiger partial charge on any atom is 0.416 e. The van der Waals surface area contributed by atoms with Crippen LogP contribution in [-0.2, 0) is 24.3 Å². The molecule has 0 atom stereocenters. The average molecular weight is 734 g/mol. The first-order valence-electron chi connectivity index (χ1n) is 15.4. The summed E-state index contributed by atoms with van der Waals surface area (Å²) in [6.45, 7) is 1.19. The van der Waals surface area contributed by atoms with Crippen molar-refractivity contribution in [2.75, 3.05) is 18.4 Å². The Morgan fingerprint density at radius 2 is 1.55 bits per heavy atom. The molecule has 47 heavy (non-hydrogen) atoms. The molecule has 2 aliphatic carbocycles. The predicted octanol–water partition coefficient (Wildman–Crippen LogP) is 7.57. The van der Waals surface area contributed by atoms with E-state index in [-0.39, 0.29) is 73.3 Å². The molecule has 1 aromatic carbocycles. The summed E-state index contributed by atoms with van der Waals surface area (Å²) in [5, 5.41) is 5.63. The molecule has 0 spiro atoms. The third-order valence-corrected chi connectivity index (χ3v) is 9.54. The minimum Gasteiger partial charge on any atom is -0.351 e. The van der Waals surface area contributed by atoms with Crippen molar-refractivity contribution in [2.24, 2.45) is 11.7 Å². The zero-order valence-corrected chi connectivity index (χ0v) is 28.0. The van der Waals surface area contributed by atoms with Crippen molar-refractivity contribution in [3.8, 4) is 0 Å². The summed E-state index contributed by atoms with van der Waals surface area (Å²) >= 11 is 0. The minimum atomic E-state index is -4.86. The molecule has 0 unspecified atom stereocenters. The van der Waals surface area contributed by atoms with Gasteiger partial charge >= 0.3 is 12.4 Å². The number of H-pyrrole nitrogens is 1. The Morgan fingerprint density at radius 1 is 0.894 bits per heavy atom. The van der Waals surface area contributed by atoms with Gasteiger partial charge in [-0.05, 0) is 81.4 Å². The first kappa shape index (κ1) is 39.3. The maximum absolute atomic E-state index is 13.7. The summed E-state index contributed by atoms with van der Waals surface area (Å²) in [6, 6.07) is 2.44. The lowest BCUT2D eigenvalue weighted by atomic mass is 9.87. The highest BCUT2D eigenvalue weighted by Gasteiger charge is 2.42. The van der Waals surface area contributed by atoms with Gasteiger partial charge < -0.3 is 16.0 Å². The van der Waals surface area contributed by atoms with Crippen LogP contribution in [0.4, 0.5) is 32.3 Å². The lowest BCUT2D eigenvalue weighted by Crippen LogP contribution is -2.54. The zero-order chi connectivity index (χ0) is 31.1. The van der Waals surface area contributed by atoms with Crippen LogP contribution >= 0.6 is 37.2 Å². The van der Waals surface area contributed by atoms with E-state index >= 15 is 0 Å². The summed E-state index contributed by atoms with van der Waals surface area (Å²) in [6.07, 6.45) is 0.779. The molecule has 264 valence electrons. The van der Waals surface area contributed by atoms with Crippen LogP contribution in [0.25, 0.3) is 11.2 Å². The second-order valence-corrected chi connectivity index (χ2v) is 12.7. The number of nitrogens with zero attached hydrogens (tertiary/aromatic N) is 4. The van der Waals surface area contributed by atoms with Crippen molar-refractivity contribution in [1.29, 1.82) is 0 Å². The van der Waals surface area contributed by atoms with Crippen LogP contribution in [0, 0.1) is 5.92 Å². The number of benzene rings is 1. The number of hydrazine groups is 1. The third-order valence-electron chi connectivity index (χ3n) is 9.54. The van der Waals surface area contributed by atoms with E-state index in [1.54, 1.807) is 6.33 Å². The molecule has 0 radical (unpaired) electrons. The van der Waals surface area contributed by atoms with Crippen molar-refractivity contribution in [1.82, 2.24) is 30.4 Å². The molecule has 2 aromatic heterocycles. The molecule has 3 fully saturated rings. The van der Waals surface area contributed by atoms with Crippen LogP contribution in [0.2, 0.25) is 0 Å². The van der Waals surface area contributed by atoms with E-state index in [4.69, 9.17) is 10.7 Å². The number of aromatic nitrogens is 4. The van der Waals surface area contributed by atoms with Gasteiger partial charge in [-0.2, -0.15) is 31.3 Å². The van der Waals surface area contributed by atoms with Crippen molar-refractivity contribution >= 4 is 54.3 Å². The van der Waals surface area contributed by atoms with Gasteiger partial charge in [-0.3, -0.25) is 0 Å². The second kappa shape index (κ2) is 15.6. The topological polar surface area (TPSA) is 108 Å². The van der Waals surface area contributed by atoms with Crippen LogP contribution in [-0.4, -0.2) is 50.1 Å². The van der Waals surface area contributed by atoms with Gasteiger partial charge in [-0.15, -0.1) is 37.2 Å². The van der Waals surface area contributed by atoms with E-state index in [2.05, 4.69) is 30.7 Å². The maximum atomic E-state index is 13.7. The number of nitrogens with one attached hydrogen (secondary N) is 3. The summed E-state index contributed by atoms with van der Waals surface area (Å²) in [5.41, 5.74) is 9.04. The standard InChI is InChI=1S/C30H38F6N8.3ClH/c31-29(32,33)20-4-3-19(23(16-20)30(34,35)36)15-18-9-13-44(14-10-18)43-28(11-1-2-12-28)25-24-26(39-17-38-24)42-27(41-25)40-22-7-5-21(37)6-8-22;;;/h3-4,16-18,21-22,43H,1-2,5-15,37H2,(H2,38,39,40,41,42);3*1H. The summed E-state index contributed by atoms with van der Waals surface area (Å²) in [4.78, 5) is 17.4. The SMILES string of the molecule is Cl.Cl.Cl.NC1CCC(Nc2nc(C3(NN4CCC(Cc5ccc(C(F)(F)F)cc5C(F)(F)F)CC4)CCCC3)c3[nH]cnc3n2)CC1. The smallest absolute Gasteiger partial charge is 0.351 e. The van der Waals surface area contributed by atoms with Crippen molar-refractivity contribution in [3.05, 3.63) is 46.9 Å². The molecule has 5 N–H and O–H groups in total. The fourth-order valence-corrected chi connectivity index (χ4v) is 7.13. The Bertz CT molecular complexity index is 1450. The number of aromatic amines is 1. The predicted molar refractivity (Wildman–Crippen MR) is 175 cm³/mol. The highest BCUT2D eigenvalue weighted by Crippen LogP contribution is 2.42. The first-order chi connectivity index (χ1) is 20.9.